The second-order valence-electron chi connectivity index (χ2n) is 5.58. The number of carbonyl (C=O) groups excluding carboxylic acids is 1. The average molecular weight is 290 g/mol. The molecule has 2 N–H and O–H groups in total. The molecule has 4 nitrogen and oxygen atoms in total. The summed E-state index contributed by atoms with van der Waals surface area (Å²) in [5.74, 6) is 1.06. The zero-order valence-electron chi connectivity index (χ0n) is 12.9. The van der Waals surface area contributed by atoms with Crippen molar-refractivity contribution in [2.24, 2.45) is 5.73 Å². The fourth-order valence-corrected chi connectivity index (χ4v) is 2.82. The number of nitrogens with two attached hydrogens (primary N) is 1. The molecule has 0 radical (unpaired) electrons. The highest BCUT2D eigenvalue weighted by atomic mass is 16.5. The summed E-state index contributed by atoms with van der Waals surface area (Å²) in [5.41, 5.74) is 7.32. The fraction of sp³-hybridized carbons (Fsp3) is 0.588. The number of hydrogen-bond donors (Lipinski definition) is 1. The highest BCUT2D eigenvalue weighted by molar-refractivity contribution is 5.76. The van der Waals surface area contributed by atoms with E-state index in [0.717, 1.165) is 30.7 Å². The molecular formula is C17H26N2O2. The van der Waals surface area contributed by atoms with E-state index in [1.165, 1.54) is 12.8 Å². The minimum atomic E-state index is -0.198. The first kappa shape index (κ1) is 15.8. The van der Waals surface area contributed by atoms with Gasteiger partial charge in [0.05, 0.1) is 12.6 Å². The molecule has 0 spiro atoms. The Labute approximate surface area is 127 Å². The van der Waals surface area contributed by atoms with Crippen LogP contribution in [0.15, 0.2) is 24.3 Å². The van der Waals surface area contributed by atoms with E-state index in [0.29, 0.717) is 19.6 Å². The normalized spacial score (nSPS) is 18.0. The molecular weight excluding hydrogens is 264 g/mol. The Kier molecular flexibility index (Phi) is 6.05. The van der Waals surface area contributed by atoms with E-state index in [9.17, 15) is 4.79 Å². The van der Waals surface area contributed by atoms with Gasteiger partial charge in [0.15, 0.2) is 0 Å². The average Bonchev–Trinajstić information content (AvgIpc) is 2.48. The molecule has 0 aliphatic carbocycles. The molecule has 2 rings (SSSR count). The highest BCUT2D eigenvalue weighted by Crippen LogP contribution is 2.25. The quantitative estimate of drug-likeness (QED) is 0.907. The van der Waals surface area contributed by atoms with Crippen molar-refractivity contribution >= 4 is 5.91 Å². The third-order valence-corrected chi connectivity index (χ3v) is 3.96. The molecule has 0 aromatic heterocycles. The van der Waals surface area contributed by atoms with Gasteiger partial charge in [-0.25, -0.2) is 0 Å². The number of hydrogen-bond acceptors (Lipinski definition) is 3. The monoisotopic (exact) mass is 290 g/mol. The van der Waals surface area contributed by atoms with Gasteiger partial charge in [0.1, 0.15) is 5.75 Å². The highest BCUT2D eigenvalue weighted by Gasteiger charge is 2.20. The summed E-state index contributed by atoms with van der Waals surface area (Å²) in [5, 5.41) is 0. The van der Waals surface area contributed by atoms with Gasteiger partial charge in [-0.2, -0.15) is 0 Å². The van der Waals surface area contributed by atoms with E-state index in [1.54, 1.807) is 0 Å². The lowest BCUT2D eigenvalue weighted by molar-refractivity contribution is -0.132. The smallest absolute Gasteiger partial charge is 0.222 e. The van der Waals surface area contributed by atoms with Crippen molar-refractivity contribution in [2.45, 2.75) is 45.1 Å². The van der Waals surface area contributed by atoms with Crippen LogP contribution in [0.3, 0.4) is 0 Å². The third-order valence-electron chi connectivity index (χ3n) is 3.96. The Bertz CT molecular complexity index is 462. The lowest BCUT2D eigenvalue weighted by Gasteiger charge is -2.28. The van der Waals surface area contributed by atoms with Crippen molar-refractivity contribution in [1.82, 2.24) is 4.90 Å². The van der Waals surface area contributed by atoms with Gasteiger partial charge < -0.3 is 15.4 Å². The molecule has 1 aromatic rings. The second-order valence-corrected chi connectivity index (χ2v) is 5.58. The number of amides is 1. The van der Waals surface area contributed by atoms with Gasteiger partial charge in [-0.3, -0.25) is 4.79 Å². The molecule has 1 aromatic carbocycles. The number of benzene rings is 1. The van der Waals surface area contributed by atoms with Crippen LogP contribution in [-0.2, 0) is 4.79 Å². The van der Waals surface area contributed by atoms with Gasteiger partial charge in [-0.1, -0.05) is 31.0 Å². The number of para-hydroxylation sites is 1. The van der Waals surface area contributed by atoms with Crippen LogP contribution in [0.25, 0.3) is 0 Å². The summed E-state index contributed by atoms with van der Waals surface area (Å²) in [6.07, 6.45) is 5.10. The molecule has 1 heterocycles. The molecule has 1 aliphatic rings. The molecule has 0 bridgehead atoms. The van der Waals surface area contributed by atoms with E-state index in [-0.39, 0.29) is 11.9 Å². The molecule has 0 saturated carbocycles. The summed E-state index contributed by atoms with van der Waals surface area (Å²) in [6, 6.07) is 7.64. The molecule has 116 valence electrons. The van der Waals surface area contributed by atoms with Gasteiger partial charge in [0.25, 0.3) is 0 Å². The summed E-state index contributed by atoms with van der Waals surface area (Å²) < 4.78 is 5.64. The molecule has 1 aliphatic heterocycles. The zero-order valence-corrected chi connectivity index (χ0v) is 12.9. The van der Waals surface area contributed by atoms with Crippen LogP contribution in [0.2, 0.25) is 0 Å². The van der Waals surface area contributed by atoms with Crippen molar-refractivity contribution in [3.8, 4) is 5.75 Å². The summed E-state index contributed by atoms with van der Waals surface area (Å²) in [6.45, 7) is 3.97. The Morgan fingerprint density at radius 1 is 1.24 bits per heavy atom. The molecule has 1 amide bonds. The van der Waals surface area contributed by atoms with Crippen LogP contribution < -0.4 is 10.5 Å². The Balaban J connectivity index is 2.05. The Morgan fingerprint density at radius 2 is 2.00 bits per heavy atom. The number of likely N-dealkylation sites (tertiary alicyclic amines) is 1. The van der Waals surface area contributed by atoms with E-state index in [2.05, 4.69) is 0 Å². The van der Waals surface area contributed by atoms with Crippen LogP contribution in [0.1, 0.15) is 50.6 Å². The lowest BCUT2D eigenvalue weighted by Crippen LogP contribution is -2.38. The molecule has 1 atom stereocenters. The maximum atomic E-state index is 12.2. The molecule has 1 saturated heterocycles. The molecule has 21 heavy (non-hydrogen) atoms. The Hall–Kier alpha value is -1.55. The summed E-state index contributed by atoms with van der Waals surface area (Å²) in [7, 11) is 0. The van der Waals surface area contributed by atoms with Crippen LogP contribution in [-0.4, -0.2) is 30.5 Å². The number of nitrogens with zero attached hydrogens (tertiary/aromatic N) is 1. The summed E-state index contributed by atoms with van der Waals surface area (Å²) in [4.78, 5) is 14.1. The van der Waals surface area contributed by atoms with Gasteiger partial charge in [0.2, 0.25) is 5.91 Å². The van der Waals surface area contributed by atoms with Gasteiger partial charge in [-0.05, 0) is 25.8 Å². The van der Waals surface area contributed by atoms with E-state index < -0.39 is 0 Å². The predicted octanol–water partition coefficient (Wildman–Crippen LogP) is 2.88. The predicted molar refractivity (Wildman–Crippen MR) is 84.2 cm³/mol. The van der Waals surface area contributed by atoms with Crippen molar-refractivity contribution in [3.63, 3.8) is 0 Å². The maximum Gasteiger partial charge on any atom is 0.222 e. The van der Waals surface area contributed by atoms with Crippen molar-refractivity contribution in [1.29, 1.82) is 0 Å². The number of ether oxygens (including phenoxy) is 1. The number of rotatable bonds is 5. The number of carbonyl (C=O) groups is 1. The van der Waals surface area contributed by atoms with E-state index in [1.807, 2.05) is 36.1 Å². The largest absolute Gasteiger partial charge is 0.494 e. The van der Waals surface area contributed by atoms with Crippen LogP contribution in [0.5, 0.6) is 5.75 Å². The fourth-order valence-electron chi connectivity index (χ4n) is 2.82. The van der Waals surface area contributed by atoms with Crippen LogP contribution >= 0.6 is 0 Å². The third kappa shape index (κ3) is 4.46. The molecule has 1 unspecified atom stereocenters. The van der Waals surface area contributed by atoms with Crippen molar-refractivity contribution < 1.29 is 9.53 Å². The Morgan fingerprint density at radius 3 is 2.81 bits per heavy atom. The zero-order chi connectivity index (χ0) is 15.1. The van der Waals surface area contributed by atoms with Crippen molar-refractivity contribution in [3.05, 3.63) is 29.8 Å². The molecule has 4 heteroatoms. The summed E-state index contributed by atoms with van der Waals surface area (Å²) >= 11 is 0. The minimum Gasteiger partial charge on any atom is -0.494 e. The minimum absolute atomic E-state index is 0.198. The van der Waals surface area contributed by atoms with Crippen LogP contribution in [0, 0.1) is 0 Å². The van der Waals surface area contributed by atoms with Crippen molar-refractivity contribution in [2.75, 3.05) is 19.7 Å². The second kappa shape index (κ2) is 8.03. The lowest BCUT2D eigenvalue weighted by atomic mass is 10.0. The SMILES string of the molecule is CCOc1ccccc1C(N)CN1CCCCCCC1=O. The first-order valence-electron chi connectivity index (χ1n) is 7.97. The van der Waals surface area contributed by atoms with Gasteiger partial charge >= 0.3 is 0 Å². The van der Waals surface area contributed by atoms with E-state index in [4.69, 9.17) is 10.5 Å². The van der Waals surface area contributed by atoms with E-state index >= 15 is 0 Å². The standard InChI is InChI=1S/C17H26N2O2/c1-2-21-16-10-7-6-9-14(16)15(18)13-19-12-8-4-3-5-11-17(19)20/h6-7,9-10,15H,2-5,8,11-13,18H2,1H3. The van der Waals surface area contributed by atoms with Gasteiger partial charge in [0, 0.05) is 25.1 Å². The topological polar surface area (TPSA) is 55.6 Å². The maximum absolute atomic E-state index is 12.2. The van der Waals surface area contributed by atoms with Gasteiger partial charge in [-0.15, -0.1) is 0 Å². The molecule has 1 fully saturated rings. The van der Waals surface area contributed by atoms with Crippen LogP contribution in [0.4, 0.5) is 0 Å². The first-order valence-corrected chi connectivity index (χ1v) is 7.97. The first-order chi connectivity index (χ1) is 10.2.